The van der Waals surface area contributed by atoms with E-state index in [9.17, 15) is 0 Å². The first-order valence-corrected chi connectivity index (χ1v) is 7.14. The molecule has 2 aromatic rings. The lowest BCUT2D eigenvalue weighted by Gasteiger charge is -2.07. The van der Waals surface area contributed by atoms with Gasteiger partial charge in [-0.25, -0.2) is 4.98 Å². The van der Waals surface area contributed by atoms with Crippen LogP contribution in [0.3, 0.4) is 0 Å². The lowest BCUT2D eigenvalue weighted by Crippen LogP contribution is -2.09. The summed E-state index contributed by atoms with van der Waals surface area (Å²) in [5.74, 6) is 1.13. The number of hydrogen-bond acceptors (Lipinski definition) is 2. The van der Waals surface area contributed by atoms with E-state index < -0.39 is 0 Å². The summed E-state index contributed by atoms with van der Waals surface area (Å²) in [6, 6.07) is 0.229. The van der Waals surface area contributed by atoms with Gasteiger partial charge in [0, 0.05) is 50.8 Å². The first kappa shape index (κ1) is 12.5. The van der Waals surface area contributed by atoms with E-state index in [4.69, 9.17) is 5.73 Å². The predicted molar refractivity (Wildman–Crippen MR) is 75.8 cm³/mol. The van der Waals surface area contributed by atoms with Crippen molar-refractivity contribution in [1.29, 1.82) is 0 Å². The number of aryl methyl sites for hydroxylation is 4. The van der Waals surface area contributed by atoms with Crippen LogP contribution >= 0.6 is 0 Å². The molecule has 3 rings (SSSR count). The molecule has 0 amide bonds. The van der Waals surface area contributed by atoms with Gasteiger partial charge in [0.25, 0.3) is 0 Å². The molecule has 4 heteroatoms. The van der Waals surface area contributed by atoms with Crippen LogP contribution in [-0.2, 0) is 26.4 Å². The number of fused-ring (bicyclic) bond motifs is 1. The van der Waals surface area contributed by atoms with Crippen molar-refractivity contribution in [3.8, 4) is 0 Å². The van der Waals surface area contributed by atoms with E-state index in [-0.39, 0.29) is 6.04 Å². The van der Waals surface area contributed by atoms with Crippen molar-refractivity contribution in [3.05, 3.63) is 41.7 Å². The number of nitrogens with two attached hydrogens (primary N) is 1. The zero-order valence-corrected chi connectivity index (χ0v) is 11.5. The number of hydrogen-bond donors (Lipinski definition) is 1. The largest absolute Gasteiger partial charge is 0.353 e. The van der Waals surface area contributed by atoms with Crippen molar-refractivity contribution in [3.63, 3.8) is 0 Å². The molecule has 0 saturated heterocycles. The first-order valence-electron chi connectivity index (χ1n) is 7.14. The third-order valence-electron chi connectivity index (χ3n) is 4.12. The van der Waals surface area contributed by atoms with Gasteiger partial charge in [0.05, 0.1) is 0 Å². The molecular weight excluding hydrogens is 236 g/mol. The number of imidazole rings is 1. The predicted octanol–water partition coefficient (Wildman–Crippen LogP) is 2.19. The number of nitrogens with zero attached hydrogens (tertiary/aromatic N) is 3. The molecule has 19 heavy (non-hydrogen) atoms. The summed E-state index contributed by atoms with van der Waals surface area (Å²) in [7, 11) is 2.04. The molecule has 2 aromatic heterocycles. The summed E-state index contributed by atoms with van der Waals surface area (Å²) < 4.78 is 4.37. The van der Waals surface area contributed by atoms with Crippen LogP contribution in [0.5, 0.6) is 0 Å². The van der Waals surface area contributed by atoms with Crippen molar-refractivity contribution in [2.24, 2.45) is 12.8 Å². The lowest BCUT2D eigenvalue weighted by molar-refractivity contribution is 0.602. The third kappa shape index (κ3) is 2.59. The van der Waals surface area contributed by atoms with E-state index >= 15 is 0 Å². The third-order valence-corrected chi connectivity index (χ3v) is 4.12. The van der Waals surface area contributed by atoms with Crippen molar-refractivity contribution < 1.29 is 0 Å². The average Bonchev–Trinajstić information content (AvgIpc) is 2.95. The molecule has 2 heterocycles. The topological polar surface area (TPSA) is 48.8 Å². The second kappa shape index (κ2) is 5.21. The Morgan fingerprint density at radius 1 is 1.37 bits per heavy atom. The molecule has 0 aromatic carbocycles. The lowest BCUT2D eigenvalue weighted by atomic mass is 10.1. The van der Waals surface area contributed by atoms with Crippen LogP contribution in [0.1, 0.15) is 42.3 Å². The Morgan fingerprint density at radius 3 is 3.05 bits per heavy atom. The van der Waals surface area contributed by atoms with E-state index in [1.807, 2.05) is 19.4 Å². The SMILES string of the molecule is Cn1ccnc1CCn1cc2c(c1)C(N)CCCC2. The summed E-state index contributed by atoms with van der Waals surface area (Å²) in [5.41, 5.74) is 9.05. The fourth-order valence-electron chi connectivity index (χ4n) is 2.95. The summed E-state index contributed by atoms with van der Waals surface area (Å²) in [6.07, 6.45) is 14.2. The molecule has 1 atom stereocenters. The Morgan fingerprint density at radius 2 is 2.26 bits per heavy atom. The highest BCUT2D eigenvalue weighted by molar-refractivity contribution is 5.28. The number of rotatable bonds is 3. The molecular formula is C15H22N4. The van der Waals surface area contributed by atoms with Gasteiger partial charge < -0.3 is 14.9 Å². The van der Waals surface area contributed by atoms with Gasteiger partial charge in [-0.3, -0.25) is 0 Å². The van der Waals surface area contributed by atoms with E-state index in [1.165, 1.54) is 30.4 Å². The molecule has 0 bridgehead atoms. The standard InChI is InChI=1S/C15H22N4/c1-18-9-7-17-15(18)6-8-19-10-12-4-2-3-5-14(16)13(12)11-19/h7,9-11,14H,2-6,8,16H2,1H3. The quantitative estimate of drug-likeness (QED) is 0.858. The van der Waals surface area contributed by atoms with Crippen LogP contribution in [0.2, 0.25) is 0 Å². The molecule has 0 radical (unpaired) electrons. The molecule has 102 valence electrons. The molecule has 1 aliphatic carbocycles. The van der Waals surface area contributed by atoms with Crippen molar-refractivity contribution in [1.82, 2.24) is 14.1 Å². The van der Waals surface area contributed by atoms with Crippen molar-refractivity contribution in [2.75, 3.05) is 0 Å². The minimum Gasteiger partial charge on any atom is -0.353 e. The maximum absolute atomic E-state index is 6.24. The van der Waals surface area contributed by atoms with E-state index in [2.05, 4.69) is 26.5 Å². The van der Waals surface area contributed by atoms with Gasteiger partial charge in [0.1, 0.15) is 5.82 Å². The highest BCUT2D eigenvalue weighted by Crippen LogP contribution is 2.27. The fourth-order valence-corrected chi connectivity index (χ4v) is 2.95. The highest BCUT2D eigenvalue weighted by atomic mass is 15.0. The Balaban J connectivity index is 1.72. The first-order chi connectivity index (χ1) is 9.24. The zero-order valence-electron chi connectivity index (χ0n) is 11.5. The molecule has 2 N–H and O–H groups in total. The molecule has 1 unspecified atom stereocenters. The van der Waals surface area contributed by atoms with Gasteiger partial charge in [0.2, 0.25) is 0 Å². The Hall–Kier alpha value is -1.55. The Kier molecular flexibility index (Phi) is 3.42. The summed E-state index contributed by atoms with van der Waals surface area (Å²) in [5, 5.41) is 0. The van der Waals surface area contributed by atoms with Gasteiger partial charge in [-0.2, -0.15) is 0 Å². The average molecular weight is 258 g/mol. The molecule has 0 fully saturated rings. The second-order valence-electron chi connectivity index (χ2n) is 5.53. The van der Waals surface area contributed by atoms with Crippen LogP contribution in [0.4, 0.5) is 0 Å². The van der Waals surface area contributed by atoms with E-state index in [0.29, 0.717) is 0 Å². The second-order valence-corrected chi connectivity index (χ2v) is 5.53. The van der Waals surface area contributed by atoms with Crippen molar-refractivity contribution >= 4 is 0 Å². The monoisotopic (exact) mass is 258 g/mol. The van der Waals surface area contributed by atoms with E-state index in [0.717, 1.165) is 25.2 Å². The van der Waals surface area contributed by atoms with Gasteiger partial charge >= 0.3 is 0 Å². The Bertz CT molecular complexity index is 552. The van der Waals surface area contributed by atoms with Crippen LogP contribution in [0.15, 0.2) is 24.8 Å². The Labute approximate surface area is 114 Å². The van der Waals surface area contributed by atoms with Crippen LogP contribution < -0.4 is 5.73 Å². The minimum absolute atomic E-state index is 0.229. The van der Waals surface area contributed by atoms with Crippen LogP contribution in [0, 0.1) is 0 Å². The smallest absolute Gasteiger partial charge is 0.110 e. The summed E-state index contributed by atoms with van der Waals surface area (Å²) in [6.45, 7) is 0.977. The van der Waals surface area contributed by atoms with Crippen LogP contribution in [0.25, 0.3) is 0 Å². The molecule has 0 saturated carbocycles. The normalized spacial score (nSPS) is 19.2. The minimum atomic E-state index is 0.229. The van der Waals surface area contributed by atoms with Gasteiger partial charge in [-0.15, -0.1) is 0 Å². The fraction of sp³-hybridized carbons (Fsp3) is 0.533. The van der Waals surface area contributed by atoms with Crippen molar-refractivity contribution in [2.45, 2.75) is 44.7 Å². The maximum atomic E-state index is 6.24. The van der Waals surface area contributed by atoms with Crippen LogP contribution in [-0.4, -0.2) is 14.1 Å². The number of aromatic nitrogens is 3. The molecule has 1 aliphatic rings. The molecule has 0 spiro atoms. The summed E-state index contributed by atoms with van der Waals surface area (Å²) >= 11 is 0. The molecule has 4 nitrogen and oxygen atoms in total. The van der Waals surface area contributed by atoms with Gasteiger partial charge in [-0.05, 0) is 30.4 Å². The zero-order chi connectivity index (χ0) is 13.2. The highest BCUT2D eigenvalue weighted by Gasteiger charge is 2.17. The molecule has 0 aliphatic heterocycles. The van der Waals surface area contributed by atoms with Gasteiger partial charge in [0.15, 0.2) is 0 Å². The summed E-state index contributed by atoms with van der Waals surface area (Å²) in [4.78, 5) is 4.37. The van der Waals surface area contributed by atoms with Gasteiger partial charge in [-0.1, -0.05) is 6.42 Å². The maximum Gasteiger partial charge on any atom is 0.110 e. The van der Waals surface area contributed by atoms with E-state index in [1.54, 1.807) is 0 Å².